The maximum absolute atomic E-state index is 12.4. The normalized spacial score (nSPS) is 24.4. The molecule has 0 radical (unpaired) electrons. The molecule has 4 nitrogen and oxygen atoms in total. The van der Waals surface area contributed by atoms with Crippen LogP contribution < -0.4 is 5.32 Å². The number of ether oxygens (including phenoxy) is 1. The van der Waals surface area contributed by atoms with Gasteiger partial charge in [-0.1, -0.05) is 24.6 Å². The molecule has 0 spiro atoms. The monoisotopic (exact) mass is 348 g/mol. The quantitative estimate of drug-likeness (QED) is 0.869. The Balaban J connectivity index is 1.63. The van der Waals surface area contributed by atoms with Gasteiger partial charge in [-0.05, 0) is 45.2 Å². The smallest absolute Gasteiger partial charge is 0.410 e. The van der Waals surface area contributed by atoms with Crippen molar-refractivity contribution in [3.8, 4) is 0 Å². The van der Waals surface area contributed by atoms with Gasteiger partial charge < -0.3 is 15.0 Å². The molecule has 0 aromatic heterocycles. The largest absolute Gasteiger partial charge is 0.444 e. The van der Waals surface area contributed by atoms with Gasteiger partial charge in [-0.15, -0.1) is 11.8 Å². The summed E-state index contributed by atoms with van der Waals surface area (Å²) in [6.07, 6.45) is 3.13. The van der Waals surface area contributed by atoms with Crippen LogP contribution in [-0.4, -0.2) is 41.5 Å². The molecule has 0 bridgehead atoms. The van der Waals surface area contributed by atoms with Crippen LogP contribution in [0, 0.1) is 0 Å². The Morgan fingerprint density at radius 1 is 1.29 bits per heavy atom. The summed E-state index contributed by atoms with van der Waals surface area (Å²) in [5.41, 5.74) is 0.962. The summed E-state index contributed by atoms with van der Waals surface area (Å²) in [6.45, 7) is 7.29. The molecule has 1 amide bonds. The minimum Gasteiger partial charge on any atom is -0.444 e. The molecule has 2 heterocycles. The van der Waals surface area contributed by atoms with E-state index in [0.717, 1.165) is 38.1 Å². The molecule has 0 saturated carbocycles. The average Bonchev–Trinajstić information content (AvgIpc) is 2.76. The van der Waals surface area contributed by atoms with Crippen molar-refractivity contribution in [3.05, 3.63) is 29.8 Å². The van der Waals surface area contributed by atoms with Gasteiger partial charge in [0.25, 0.3) is 0 Å². The maximum atomic E-state index is 12.4. The molecule has 1 aromatic rings. The fourth-order valence-corrected chi connectivity index (χ4v) is 4.53. The van der Waals surface area contributed by atoms with Crippen molar-refractivity contribution in [1.29, 1.82) is 0 Å². The molecule has 132 valence electrons. The van der Waals surface area contributed by atoms with E-state index < -0.39 is 5.60 Å². The van der Waals surface area contributed by atoms with Crippen LogP contribution in [0.25, 0.3) is 0 Å². The first kappa shape index (κ1) is 17.6. The van der Waals surface area contributed by atoms with Crippen LogP contribution in [0.4, 0.5) is 4.79 Å². The number of nitrogens with one attached hydrogen (secondary N) is 1. The average molecular weight is 349 g/mol. The van der Waals surface area contributed by atoms with Crippen molar-refractivity contribution >= 4 is 17.9 Å². The van der Waals surface area contributed by atoms with Crippen LogP contribution >= 0.6 is 11.8 Å². The minimum atomic E-state index is -0.437. The van der Waals surface area contributed by atoms with Crippen LogP contribution in [0.3, 0.4) is 0 Å². The highest BCUT2D eigenvalue weighted by Gasteiger charge is 2.29. The van der Waals surface area contributed by atoms with E-state index in [-0.39, 0.29) is 6.09 Å². The molecule has 1 saturated heterocycles. The summed E-state index contributed by atoms with van der Waals surface area (Å²) in [5, 5.41) is 3.79. The summed E-state index contributed by atoms with van der Waals surface area (Å²) in [5.74, 6) is 1.07. The van der Waals surface area contributed by atoms with Crippen molar-refractivity contribution < 1.29 is 9.53 Å². The highest BCUT2D eigenvalue weighted by atomic mass is 32.2. The van der Waals surface area contributed by atoms with Crippen LogP contribution in [0.15, 0.2) is 29.2 Å². The van der Waals surface area contributed by atoms with Gasteiger partial charge in [0.1, 0.15) is 5.60 Å². The van der Waals surface area contributed by atoms with Gasteiger partial charge in [-0.2, -0.15) is 0 Å². The van der Waals surface area contributed by atoms with Crippen LogP contribution in [0.2, 0.25) is 0 Å². The lowest BCUT2D eigenvalue weighted by molar-refractivity contribution is 0.0242. The standard InChI is InChI=1S/C19H28N2O2S/c1-19(2,3)23-18(22)21-11-7-6-8-14(12-21)20-16-13-24-17-10-5-4-9-15(16)17/h4-5,9-10,14,16,20H,6-8,11-13H2,1-3H3. The number of likely N-dealkylation sites (tertiary alicyclic amines) is 1. The number of nitrogens with zero attached hydrogens (tertiary/aromatic N) is 1. The maximum Gasteiger partial charge on any atom is 0.410 e. The van der Waals surface area contributed by atoms with Crippen LogP contribution in [-0.2, 0) is 4.74 Å². The third kappa shape index (κ3) is 4.45. The molecule has 2 aliphatic rings. The van der Waals surface area contributed by atoms with Gasteiger partial charge in [0.2, 0.25) is 0 Å². The van der Waals surface area contributed by atoms with Crippen LogP contribution in [0.5, 0.6) is 0 Å². The summed E-state index contributed by atoms with van der Waals surface area (Å²) in [6, 6.07) is 9.34. The number of hydrogen-bond acceptors (Lipinski definition) is 4. The number of benzene rings is 1. The first-order valence-electron chi connectivity index (χ1n) is 8.88. The number of carbonyl (C=O) groups excluding carboxylic acids is 1. The minimum absolute atomic E-state index is 0.183. The predicted molar refractivity (Wildman–Crippen MR) is 98.5 cm³/mol. The number of fused-ring (bicyclic) bond motifs is 1. The van der Waals surface area contributed by atoms with Crippen molar-refractivity contribution in [3.63, 3.8) is 0 Å². The number of carbonyl (C=O) groups is 1. The first-order chi connectivity index (χ1) is 11.4. The molecular weight excluding hydrogens is 320 g/mol. The second-order valence-corrected chi connectivity index (χ2v) is 8.75. The molecule has 24 heavy (non-hydrogen) atoms. The van der Waals surface area contributed by atoms with Gasteiger partial charge in [0.05, 0.1) is 0 Å². The molecule has 1 N–H and O–H groups in total. The van der Waals surface area contributed by atoms with Crippen LogP contribution in [0.1, 0.15) is 51.6 Å². The zero-order valence-electron chi connectivity index (χ0n) is 14.9. The predicted octanol–water partition coefficient (Wildman–Crippen LogP) is 4.21. The van der Waals surface area contributed by atoms with E-state index in [1.807, 2.05) is 37.4 Å². The van der Waals surface area contributed by atoms with E-state index >= 15 is 0 Å². The highest BCUT2D eigenvalue weighted by molar-refractivity contribution is 7.99. The van der Waals surface area contributed by atoms with E-state index in [1.165, 1.54) is 10.5 Å². The lowest BCUT2D eigenvalue weighted by atomic mass is 10.1. The zero-order chi connectivity index (χ0) is 17.2. The molecule has 0 aliphatic carbocycles. The first-order valence-corrected chi connectivity index (χ1v) is 9.86. The van der Waals surface area contributed by atoms with Gasteiger partial charge in [0.15, 0.2) is 0 Å². The fourth-order valence-electron chi connectivity index (χ4n) is 3.36. The number of thioether (sulfide) groups is 1. The fraction of sp³-hybridized carbons (Fsp3) is 0.632. The van der Waals surface area contributed by atoms with Gasteiger partial charge in [-0.3, -0.25) is 0 Å². The number of amides is 1. The topological polar surface area (TPSA) is 41.6 Å². The Bertz CT molecular complexity index is 585. The molecule has 2 aliphatic heterocycles. The van der Waals surface area contributed by atoms with Crippen molar-refractivity contribution in [2.24, 2.45) is 0 Å². The highest BCUT2D eigenvalue weighted by Crippen LogP contribution is 2.38. The van der Waals surface area contributed by atoms with Gasteiger partial charge in [-0.25, -0.2) is 4.79 Å². The van der Waals surface area contributed by atoms with E-state index in [4.69, 9.17) is 4.74 Å². The summed E-state index contributed by atoms with van der Waals surface area (Å²) < 4.78 is 5.56. The van der Waals surface area contributed by atoms with Crippen molar-refractivity contribution in [2.75, 3.05) is 18.8 Å². The summed E-state index contributed by atoms with van der Waals surface area (Å²) >= 11 is 1.92. The van der Waals surface area contributed by atoms with Crippen molar-refractivity contribution in [1.82, 2.24) is 10.2 Å². The second kappa shape index (κ2) is 7.36. The lowest BCUT2D eigenvalue weighted by Crippen LogP contribution is -2.45. The number of hydrogen-bond donors (Lipinski definition) is 1. The molecule has 5 heteroatoms. The summed E-state index contributed by atoms with van der Waals surface area (Å²) in [4.78, 5) is 15.7. The van der Waals surface area contributed by atoms with E-state index in [2.05, 4.69) is 29.6 Å². The third-order valence-corrected chi connectivity index (χ3v) is 5.64. The Morgan fingerprint density at radius 2 is 2.08 bits per heavy atom. The second-order valence-electron chi connectivity index (χ2n) is 7.69. The molecule has 1 fully saturated rings. The Labute approximate surface area is 149 Å². The van der Waals surface area contributed by atoms with E-state index in [0.29, 0.717) is 12.1 Å². The molecule has 2 unspecified atom stereocenters. The van der Waals surface area contributed by atoms with E-state index in [1.54, 1.807) is 0 Å². The van der Waals surface area contributed by atoms with E-state index in [9.17, 15) is 4.79 Å². The molecular formula is C19H28N2O2S. The molecule has 2 atom stereocenters. The summed E-state index contributed by atoms with van der Waals surface area (Å²) in [7, 11) is 0. The van der Waals surface area contributed by atoms with Gasteiger partial charge >= 0.3 is 6.09 Å². The zero-order valence-corrected chi connectivity index (χ0v) is 15.7. The lowest BCUT2D eigenvalue weighted by Gasteiger charge is -2.29. The SMILES string of the molecule is CC(C)(C)OC(=O)N1CCCCC(NC2CSc3ccccc32)C1. The Morgan fingerprint density at radius 3 is 2.88 bits per heavy atom. The Hall–Kier alpha value is -1.20. The number of rotatable bonds is 2. The Kier molecular flexibility index (Phi) is 5.40. The third-order valence-electron chi connectivity index (χ3n) is 4.46. The molecule has 3 rings (SSSR count). The molecule has 1 aromatic carbocycles. The van der Waals surface area contributed by atoms with Gasteiger partial charge in [0, 0.05) is 35.8 Å². The van der Waals surface area contributed by atoms with Crippen molar-refractivity contribution in [2.45, 2.75) is 62.6 Å².